The van der Waals surface area contributed by atoms with Gasteiger partial charge in [0.2, 0.25) is 0 Å². The van der Waals surface area contributed by atoms with Crippen LogP contribution in [0.5, 0.6) is 0 Å². The normalized spacial score (nSPS) is 10.7. The summed E-state index contributed by atoms with van der Waals surface area (Å²) >= 11 is 0. The molecule has 0 saturated heterocycles. The van der Waals surface area contributed by atoms with Crippen molar-refractivity contribution >= 4 is 33.7 Å². The average molecular weight is 205 g/mol. The van der Waals surface area contributed by atoms with Gasteiger partial charge in [0, 0.05) is 5.39 Å². The largest absolute Gasteiger partial charge is 0.711 e. The van der Waals surface area contributed by atoms with Gasteiger partial charge in [-0.25, -0.2) is 4.73 Å². The molecule has 0 spiro atoms. The molecule has 8 N–H and O–H groups in total. The van der Waals surface area contributed by atoms with Gasteiger partial charge in [-0.3, -0.25) is 5.73 Å². The molecule has 1 aromatic carbocycles. The van der Waals surface area contributed by atoms with Crippen LogP contribution in [0.3, 0.4) is 0 Å². The maximum atomic E-state index is 11.3. The van der Waals surface area contributed by atoms with Crippen molar-refractivity contribution in [3.8, 4) is 0 Å². The zero-order chi connectivity index (χ0) is 11.2. The molecule has 1 aromatic heterocycles. The van der Waals surface area contributed by atoms with Gasteiger partial charge in [-0.2, -0.15) is 0 Å². The Bertz CT molecular complexity index is 552. The van der Waals surface area contributed by atoms with Crippen molar-refractivity contribution in [2.75, 3.05) is 22.9 Å². The van der Waals surface area contributed by atoms with Crippen molar-refractivity contribution in [3.63, 3.8) is 0 Å². The molecule has 15 heavy (non-hydrogen) atoms. The average Bonchev–Trinajstić information content (AvgIpc) is 2.18. The van der Waals surface area contributed by atoms with Crippen molar-refractivity contribution < 1.29 is 4.73 Å². The van der Waals surface area contributed by atoms with Gasteiger partial charge in [0.15, 0.2) is 0 Å². The molecule has 0 radical (unpaired) electrons. The molecular formula is C9H11N5O. The lowest BCUT2D eigenvalue weighted by atomic mass is 10.1. The third kappa shape index (κ3) is 1.23. The standard InChI is InChI=1S/C9H11N5O/c10-6-1-4-5(2-7(6)11)9(13)14(15)3-8(4)12/h1-3H,10-13H2. The number of pyridine rings is 1. The third-order valence-electron chi connectivity index (χ3n) is 2.30. The Balaban J connectivity index is 2.97. The molecule has 0 saturated carbocycles. The fourth-order valence-corrected chi connectivity index (χ4v) is 1.47. The lowest BCUT2D eigenvalue weighted by Gasteiger charge is -2.11. The molecule has 0 bridgehead atoms. The monoisotopic (exact) mass is 205 g/mol. The highest BCUT2D eigenvalue weighted by Gasteiger charge is 2.11. The fourth-order valence-electron chi connectivity index (χ4n) is 1.47. The highest BCUT2D eigenvalue weighted by molar-refractivity contribution is 6.01. The second-order valence-electron chi connectivity index (χ2n) is 3.32. The predicted octanol–water partition coefficient (Wildman–Crippen LogP) is -0.198. The number of nitrogens with two attached hydrogens (primary N) is 4. The van der Waals surface area contributed by atoms with Gasteiger partial charge in [-0.1, -0.05) is 0 Å². The summed E-state index contributed by atoms with van der Waals surface area (Å²) in [6.07, 6.45) is 1.20. The molecule has 0 unspecified atom stereocenters. The van der Waals surface area contributed by atoms with Gasteiger partial charge >= 0.3 is 0 Å². The second-order valence-corrected chi connectivity index (χ2v) is 3.32. The highest BCUT2D eigenvalue weighted by Crippen LogP contribution is 2.29. The highest BCUT2D eigenvalue weighted by atomic mass is 16.5. The molecule has 0 aliphatic carbocycles. The number of benzene rings is 1. The van der Waals surface area contributed by atoms with Crippen molar-refractivity contribution in [3.05, 3.63) is 23.5 Å². The van der Waals surface area contributed by atoms with Gasteiger partial charge in [-0.05, 0) is 12.1 Å². The summed E-state index contributed by atoms with van der Waals surface area (Å²) in [5.74, 6) is 0.0610. The van der Waals surface area contributed by atoms with Crippen LogP contribution < -0.4 is 27.7 Å². The van der Waals surface area contributed by atoms with E-state index in [-0.39, 0.29) is 5.82 Å². The molecule has 1 heterocycles. The molecule has 6 nitrogen and oxygen atoms in total. The maximum Gasteiger partial charge on any atom is 0.283 e. The Morgan fingerprint density at radius 1 is 0.867 bits per heavy atom. The van der Waals surface area contributed by atoms with Crippen LogP contribution in [0.15, 0.2) is 18.3 Å². The van der Waals surface area contributed by atoms with Crippen LogP contribution in [-0.2, 0) is 0 Å². The molecule has 0 aliphatic rings. The first-order valence-electron chi connectivity index (χ1n) is 4.26. The second kappa shape index (κ2) is 2.81. The van der Waals surface area contributed by atoms with Crippen molar-refractivity contribution in [2.45, 2.75) is 0 Å². The van der Waals surface area contributed by atoms with Crippen LogP contribution >= 0.6 is 0 Å². The third-order valence-corrected chi connectivity index (χ3v) is 2.30. The zero-order valence-corrected chi connectivity index (χ0v) is 7.90. The van der Waals surface area contributed by atoms with Crippen molar-refractivity contribution in [2.24, 2.45) is 0 Å². The number of anilines is 4. The predicted molar refractivity (Wildman–Crippen MR) is 60.6 cm³/mol. The molecule has 0 aliphatic heterocycles. The van der Waals surface area contributed by atoms with E-state index in [0.717, 1.165) is 0 Å². The summed E-state index contributed by atoms with van der Waals surface area (Å²) in [7, 11) is 0. The van der Waals surface area contributed by atoms with Crippen LogP contribution in [0.25, 0.3) is 10.8 Å². The summed E-state index contributed by atoms with van der Waals surface area (Å²) < 4.78 is 0.507. The summed E-state index contributed by atoms with van der Waals surface area (Å²) in [6, 6.07) is 3.15. The van der Waals surface area contributed by atoms with E-state index >= 15 is 0 Å². The minimum absolute atomic E-state index is 0.0610. The van der Waals surface area contributed by atoms with Gasteiger partial charge < -0.3 is 22.4 Å². The van der Waals surface area contributed by atoms with Crippen LogP contribution in [0.4, 0.5) is 22.9 Å². The molecule has 2 rings (SSSR count). The van der Waals surface area contributed by atoms with E-state index in [1.165, 1.54) is 6.20 Å². The minimum Gasteiger partial charge on any atom is -0.711 e. The SMILES string of the molecule is Nc1cc2c(N)c[n+]([O-])c(N)c2cc1N. The van der Waals surface area contributed by atoms with Crippen molar-refractivity contribution in [1.29, 1.82) is 0 Å². The van der Waals surface area contributed by atoms with Crippen LogP contribution in [0, 0.1) is 5.21 Å². The maximum absolute atomic E-state index is 11.3. The van der Waals surface area contributed by atoms with Crippen LogP contribution in [-0.4, -0.2) is 0 Å². The molecular weight excluding hydrogens is 194 g/mol. The summed E-state index contributed by atoms with van der Waals surface area (Å²) in [5.41, 5.74) is 23.6. The minimum atomic E-state index is 0.0610. The number of aromatic nitrogens is 1. The quantitative estimate of drug-likeness (QED) is 0.269. The van der Waals surface area contributed by atoms with Gasteiger partial charge in [0.1, 0.15) is 6.20 Å². The first-order valence-corrected chi connectivity index (χ1v) is 4.26. The van der Waals surface area contributed by atoms with Crippen LogP contribution in [0.1, 0.15) is 0 Å². The van der Waals surface area contributed by atoms with Gasteiger partial charge in [0.05, 0.1) is 22.4 Å². The Morgan fingerprint density at radius 3 is 2.00 bits per heavy atom. The number of nitrogens with zero attached hydrogens (tertiary/aromatic N) is 1. The Labute approximate surface area is 85.7 Å². The zero-order valence-electron chi connectivity index (χ0n) is 7.90. The number of nitrogen functional groups attached to an aromatic ring is 4. The topological polar surface area (TPSA) is 131 Å². The molecule has 78 valence electrons. The summed E-state index contributed by atoms with van der Waals surface area (Å²) in [5, 5.41) is 12.4. The number of fused-ring (bicyclic) bond motifs is 1. The Kier molecular flexibility index (Phi) is 1.72. The van der Waals surface area contributed by atoms with Crippen LogP contribution in [0.2, 0.25) is 0 Å². The van der Waals surface area contributed by atoms with E-state index in [1.807, 2.05) is 0 Å². The Morgan fingerprint density at radius 2 is 1.40 bits per heavy atom. The van der Waals surface area contributed by atoms with E-state index in [4.69, 9.17) is 22.9 Å². The summed E-state index contributed by atoms with van der Waals surface area (Å²) in [6.45, 7) is 0. The summed E-state index contributed by atoms with van der Waals surface area (Å²) in [4.78, 5) is 0. The molecule has 6 heteroatoms. The number of rotatable bonds is 0. The van der Waals surface area contributed by atoms with E-state index in [9.17, 15) is 5.21 Å². The van der Waals surface area contributed by atoms with E-state index in [0.29, 0.717) is 32.6 Å². The van der Waals surface area contributed by atoms with Crippen molar-refractivity contribution in [1.82, 2.24) is 0 Å². The molecule has 0 amide bonds. The first-order chi connectivity index (χ1) is 7.00. The van der Waals surface area contributed by atoms with E-state index in [1.54, 1.807) is 12.1 Å². The van der Waals surface area contributed by atoms with Gasteiger partial charge in [-0.15, -0.1) is 0 Å². The molecule has 2 aromatic rings. The van der Waals surface area contributed by atoms with E-state index < -0.39 is 0 Å². The lowest BCUT2D eigenvalue weighted by Crippen LogP contribution is -2.30. The smallest absolute Gasteiger partial charge is 0.283 e. The van der Waals surface area contributed by atoms with E-state index in [2.05, 4.69) is 0 Å². The number of hydrogen-bond acceptors (Lipinski definition) is 5. The fraction of sp³-hybridized carbons (Fsp3) is 0. The van der Waals surface area contributed by atoms with Gasteiger partial charge in [0.25, 0.3) is 5.82 Å². The lowest BCUT2D eigenvalue weighted by molar-refractivity contribution is -0.587. The Hall–Kier alpha value is -2.37. The molecule has 0 fully saturated rings. The first kappa shape index (κ1) is 9.20. The number of hydrogen-bond donors (Lipinski definition) is 4. The molecule has 0 atom stereocenters.